The molecule has 1 aliphatic heterocycles. The molecule has 2 fully saturated rings. The molecule has 1 saturated heterocycles. The number of nitrogens with one attached hydrogen (secondary N) is 1. The number of amides is 1. The minimum absolute atomic E-state index is 0.258. The molecule has 1 N–H and O–H groups in total. The first-order valence-electron chi connectivity index (χ1n) is 9.79. The van der Waals surface area contributed by atoms with Gasteiger partial charge in [-0.25, -0.2) is 13.8 Å². The van der Waals surface area contributed by atoms with E-state index in [9.17, 15) is 13.6 Å². The van der Waals surface area contributed by atoms with Crippen LogP contribution in [-0.4, -0.2) is 33.9 Å². The number of rotatable bonds is 5. The van der Waals surface area contributed by atoms with E-state index < -0.39 is 11.6 Å². The third kappa shape index (κ3) is 4.04. The SMILES string of the molecule is CC(CC(=O)N1CCC(c2ncc(-c3ccc(F)c(F)c3)[nH]2)CC1)C1CC1. The molecule has 6 heteroatoms. The van der Waals surface area contributed by atoms with Gasteiger partial charge in [-0.15, -0.1) is 0 Å². The summed E-state index contributed by atoms with van der Waals surface area (Å²) in [6.07, 6.45) is 6.61. The van der Waals surface area contributed by atoms with E-state index in [1.54, 1.807) is 6.20 Å². The van der Waals surface area contributed by atoms with Gasteiger partial charge in [-0.2, -0.15) is 0 Å². The Labute approximate surface area is 158 Å². The van der Waals surface area contributed by atoms with E-state index in [2.05, 4.69) is 16.9 Å². The zero-order chi connectivity index (χ0) is 19.0. The van der Waals surface area contributed by atoms with Crippen LogP contribution in [0.1, 0.15) is 50.8 Å². The topological polar surface area (TPSA) is 49.0 Å². The summed E-state index contributed by atoms with van der Waals surface area (Å²) in [4.78, 5) is 22.1. The highest BCUT2D eigenvalue weighted by Gasteiger charge is 2.32. The molecule has 4 nitrogen and oxygen atoms in total. The maximum Gasteiger partial charge on any atom is 0.222 e. The number of nitrogens with zero attached hydrogens (tertiary/aromatic N) is 2. The van der Waals surface area contributed by atoms with Gasteiger partial charge in [0.15, 0.2) is 11.6 Å². The van der Waals surface area contributed by atoms with Crippen LogP contribution in [0.25, 0.3) is 11.3 Å². The van der Waals surface area contributed by atoms with Crippen molar-refractivity contribution in [3.05, 3.63) is 41.9 Å². The smallest absolute Gasteiger partial charge is 0.222 e. The van der Waals surface area contributed by atoms with Crippen LogP contribution in [0.2, 0.25) is 0 Å². The van der Waals surface area contributed by atoms with Crippen molar-refractivity contribution in [2.45, 2.75) is 44.9 Å². The average molecular weight is 373 g/mol. The fourth-order valence-corrected chi connectivity index (χ4v) is 3.99. The Morgan fingerprint density at radius 2 is 1.96 bits per heavy atom. The van der Waals surface area contributed by atoms with Crippen LogP contribution in [0.15, 0.2) is 24.4 Å². The van der Waals surface area contributed by atoms with E-state index >= 15 is 0 Å². The maximum absolute atomic E-state index is 13.4. The first-order chi connectivity index (χ1) is 13.0. The van der Waals surface area contributed by atoms with Gasteiger partial charge in [0.05, 0.1) is 11.9 Å². The molecule has 0 radical (unpaired) electrons. The number of imidazole rings is 1. The number of carbonyl (C=O) groups is 1. The van der Waals surface area contributed by atoms with Crippen molar-refractivity contribution in [1.82, 2.24) is 14.9 Å². The van der Waals surface area contributed by atoms with Gasteiger partial charge in [-0.1, -0.05) is 6.92 Å². The molecular weight excluding hydrogens is 348 g/mol. The van der Waals surface area contributed by atoms with Crippen molar-refractivity contribution in [3.63, 3.8) is 0 Å². The van der Waals surface area contributed by atoms with Crippen LogP contribution in [0.4, 0.5) is 8.78 Å². The second-order valence-corrected chi connectivity index (χ2v) is 7.98. The molecule has 1 aromatic carbocycles. The van der Waals surface area contributed by atoms with Crippen LogP contribution in [-0.2, 0) is 4.79 Å². The van der Waals surface area contributed by atoms with E-state index in [1.807, 2.05) is 4.90 Å². The van der Waals surface area contributed by atoms with E-state index in [-0.39, 0.29) is 11.8 Å². The Kier molecular flexibility index (Phi) is 4.98. The van der Waals surface area contributed by atoms with Crippen LogP contribution in [0.3, 0.4) is 0 Å². The number of H-pyrrole nitrogens is 1. The van der Waals surface area contributed by atoms with Crippen LogP contribution in [0, 0.1) is 23.5 Å². The third-order valence-electron chi connectivity index (χ3n) is 5.98. The molecule has 144 valence electrons. The lowest BCUT2D eigenvalue weighted by Gasteiger charge is -2.32. The molecule has 4 rings (SSSR count). The number of aromatic amines is 1. The second-order valence-electron chi connectivity index (χ2n) is 7.98. The summed E-state index contributed by atoms with van der Waals surface area (Å²) in [5.41, 5.74) is 1.26. The van der Waals surface area contributed by atoms with Gasteiger partial charge < -0.3 is 9.88 Å². The van der Waals surface area contributed by atoms with Gasteiger partial charge in [0.1, 0.15) is 5.82 Å². The molecule has 0 bridgehead atoms. The first kappa shape index (κ1) is 18.1. The molecular formula is C21H25F2N3O. The minimum Gasteiger partial charge on any atom is -0.343 e. The fraction of sp³-hybridized carbons (Fsp3) is 0.524. The van der Waals surface area contributed by atoms with Crippen molar-refractivity contribution in [2.24, 2.45) is 11.8 Å². The normalized spacial score (nSPS) is 19.3. The summed E-state index contributed by atoms with van der Waals surface area (Å²) in [5, 5.41) is 0. The maximum atomic E-state index is 13.4. The number of hydrogen-bond acceptors (Lipinski definition) is 2. The molecule has 1 atom stereocenters. The first-order valence-corrected chi connectivity index (χ1v) is 9.79. The highest BCUT2D eigenvalue weighted by atomic mass is 19.2. The van der Waals surface area contributed by atoms with Crippen molar-refractivity contribution >= 4 is 5.91 Å². The van der Waals surface area contributed by atoms with E-state index in [0.29, 0.717) is 23.6 Å². The van der Waals surface area contributed by atoms with Crippen LogP contribution < -0.4 is 0 Å². The standard InChI is InChI=1S/C21H25F2N3O/c1-13(14-2-3-14)10-20(27)26-8-6-15(7-9-26)21-24-12-19(25-21)16-4-5-17(22)18(23)11-16/h4-5,11-15H,2-3,6-10H2,1H3,(H,24,25). The number of piperidine rings is 1. The molecule has 1 aromatic heterocycles. The lowest BCUT2D eigenvalue weighted by atomic mass is 9.95. The highest BCUT2D eigenvalue weighted by molar-refractivity contribution is 5.76. The van der Waals surface area contributed by atoms with Crippen LogP contribution >= 0.6 is 0 Å². The Morgan fingerprint density at radius 1 is 1.22 bits per heavy atom. The van der Waals surface area contributed by atoms with Gasteiger partial charge in [-0.05, 0) is 55.7 Å². The number of likely N-dealkylation sites (tertiary alicyclic amines) is 1. The van der Waals surface area contributed by atoms with Gasteiger partial charge in [0, 0.05) is 31.0 Å². The highest BCUT2D eigenvalue weighted by Crippen LogP contribution is 2.38. The van der Waals surface area contributed by atoms with Gasteiger partial charge in [-0.3, -0.25) is 4.79 Å². The zero-order valence-electron chi connectivity index (χ0n) is 15.5. The Bertz CT molecular complexity index is 823. The number of halogens is 2. The van der Waals surface area contributed by atoms with Crippen molar-refractivity contribution < 1.29 is 13.6 Å². The molecule has 1 unspecified atom stereocenters. The average Bonchev–Trinajstić information content (AvgIpc) is 3.41. The summed E-state index contributed by atoms with van der Waals surface area (Å²) >= 11 is 0. The van der Waals surface area contributed by atoms with Crippen LogP contribution in [0.5, 0.6) is 0 Å². The molecule has 27 heavy (non-hydrogen) atoms. The van der Waals surface area contributed by atoms with Gasteiger partial charge >= 0.3 is 0 Å². The number of carbonyl (C=O) groups excluding carboxylic acids is 1. The quantitative estimate of drug-likeness (QED) is 0.839. The molecule has 2 heterocycles. The lowest BCUT2D eigenvalue weighted by molar-refractivity contribution is -0.133. The summed E-state index contributed by atoms with van der Waals surface area (Å²) in [5.74, 6) is 0.919. The molecule has 0 spiro atoms. The Morgan fingerprint density at radius 3 is 2.63 bits per heavy atom. The number of hydrogen-bond donors (Lipinski definition) is 1. The zero-order valence-corrected chi connectivity index (χ0v) is 15.5. The molecule has 2 aliphatic rings. The number of benzene rings is 1. The second kappa shape index (κ2) is 7.41. The minimum atomic E-state index is -0.865. The largest absolute Gasteiger partial charge is 0.343 e. The van der Waals surface area contributed by atoms with Gasteiger partial charge in [0.2, 0.25) is 5.91 Å². The van der Waals surface area contributed by atoms with Crippen molar-refractivity contribution in [2.75, 3.05) is 13.1 Å². The summed E-state index contributed by atoms with van der Waals surface area (Å²) in [7, 11) is 0. The summed E-state index contributed by atoms with van der Waals surface area (Å²) < 4.78 is 26.5. The summed E-state index contributed by atoms with van der Waals surface area (Å²) in [6, 6.07) is 3.84. The third-order valence-corrected chi connectivity index (χ3v) is 5.98. The van der Waals surface area contributed by atoms with E-state index in [0.717, 1.165) is 43.7 Å². The monoisotopic (exact) mass is 373 g/mol. The fourth-order valence-electron chi connectivity index (χ4n) is 3.99. The van der Waals surface area contributed by atoms with E-state index in [1.165, 1.54) is 25.0 Å². The predicted octanol–water partition coefficient (Wildman–Crippen LogP) is 4.50. The lowest BCUT2D eigenvalue weighted by Crippen LogP contribution is -2.38. The molecule has 1 saturated carbocycles. The van der Waals surface area contributed by atoms with Gasteiger partial charge in [0.25, 0.3) is 0 Å². The molecule has 2 aromatic rings. The predicted molar refractivity (Wildman–Crippen MR) is 99.0 cm³/mol. The Hall–Kier alpha value is -2.24. The number of aromatic nitrogens is 2. The van der Waals surface area contributed by atoms with Crippen molar-refractivity contribution in [3.8, 4) is 11.3 Å². The molecule has 1 aliphatic carbocycles. The van der Waals surface area contributed by atoms with Crippen molar-refractivity contribution in [1.29, 1.82) is 0 Å². The Balaban J connectivity index is 1.35. The summed E-state index contributed by atoms with van der Waals surface area (Å²) in [6.45, 7) is 3.69. The van der Waals surface area contributed by atoms with E-state index in [4.69, 9.17) is 0 Å². The molecule has 1 amide bonds.